The van der Waals surface area contributed by atoms with Gasteiger partial charge in [0.2, 0.25) is 5.13 Å². The Morgan fingerprint density at radius 3 is 2.67 bits per heavy atom. The van der Waals surface area contributed by atoms with Gasteiger partial charge in [-0.25, -0.2) is 8.42 Å². The zero-order valence-electron chi connectivity index (χ0n) is 12.0. The molecule has 112 valence electrons. The zero-order chi connectivity index (χ0) is 15.0. The molecule has 0 fully saturated rings. The van der Waals surface area contributed by atoms with Gasteiger partial charge in [0.05, 0.1) is 4.90 Å². The van der Waals surface area contributed by atoms with Gasteiger partial charge in [-0.1, -0.05) is 31.3 Å². The first-order valence-electron chi connectivity index (χ1n) is 6.94. The summed E-state index contributed by atoms with van der Waals surface area (Å²) in [6.07, 6.45) is 3.09. The van der Waals surface area contributed by atoms with Crippen LogP contribution in [0.5, 0.6) is 0 Å². The fourth-order valence-electron chi connectivity index (χ4n) is 2.40. The van der Waals surface area contributed by atoms with Gasteiger partial charge in [-0.3, -0.25) is 4.72 Å². The molecule has 0 bridgehead atoms. The van der Waals surface area contributed by atoms with Gasteiger partial charge in [0.25, 0.3) is 10.0 Å². The molecule has 1 aromatic heterocycles. The van der Waals surface area contributed by atoms with Gasteiger partial charge < -0.3 is 0 Å². The summed E-state index contributed by atoms with van der Waals surface area (Å²) < 4.78 is 27.3. The lowest BCUT2D eigenvalue weighted by atomic mass is 10.1. The fraction of sp³-hybridized carbons (Fsp3) is 0.429. The Kier molecular flexibility index (Phi) is 3.71. The molecule has 2 aromatic rings. The number of anilines is 1. The molecular formula is C14H17N3O2S2. The lowest BCUT2D eigenvalue weighted by molar-refractivity contribution is 0.601. The third-order valence-corrected chi connectivity index (χ3v) is 6.14. The van der Waals surface area contributed by atoms with Crippen molar-refractivity contribution in [1.82, 2.24) is 10.2 Å². The first kappa shape index (κ1) is 14.5. The van der Waals surface area contributed by atoms with Crippen LogP contribution in [0.2, 0.25) is 0 Å². The highest BCUT2D eigenvalue weighted by Gasteiger charge is 2.20. The number of fused-ring (bicyclic) bond motifs is 1. The van der Waals surface area contributed by atoms with E-state index in [9.17, 15) is 8.42 Å². The molecule has 3 rings (SSSR count). The second kappa shape index (κ2) is 5.38. The van der Waals surface area contributed by atoms with Crippen molar-refractivity contribution in [3.05, 3.63) is 34.3 Å². The highest BCUT2D eigenvalue weighted by atomic mass is 32.2. The molecule has 0 saturated heterocycles. The van der Waals surface area contributed by atoms with Gasteiger partial charge in [0, 0.05) is 5.92 Å². The number of aromatic nitrogens is 2. The summed E-state index contributed by atoms with van der Waals surface area (Å²) in [5.74, 6) is 0.237. The number of nitrogens with zero attached hydrogens (tertiary/aromatic N) is 2. The van der Waals surface area contributed by atoms with Crippen LogP contribution in [0, 0.1) is 0 Å². The topological polar surface area (TPSA) is 72.0 Å². The Morgan fingerprint density at radius 2 is 1.95 bits per heavy atom. The van der Waals surface area contributed by atoms with Gasteiger partial charge in [-0.15, -0.1) is 10.2 Å². The van der Waals surface area contributed by atoms with Crippen LogP contribution in [0.1, 0.15) is 42.3 Å². The lowest BCUT2D eigenvalue weighted by Gasteiger charge is -2.07. The average Bonchev–Trinajstić information content (AvgIpc) is 3.05. The molecule has 0 aliphatic heterocycles. The molecule has 5 nitrogen and oxygen atoms in total. The maximum absolute atomic E-state index is 12.4. The molecular weight excluding hydrogens is 306 g/mol. The minimum absolute atomic E-state index is 0.237. The third kappa shape index (κ3) is 2.94. The van der Waals surface area contributed by atoms with E-state index in [4.69, 9.17) is 0 Å². The van der Waals surface area contributed by atoms with Gasteiger partial charge in [0.1, 0.15) is 5.01 Å². The molecule has 0 saturated carbocycles. The number of benzene rings is 1. The maximum Gasteiger partial charge on any atom is 0.263 e. The number of aryl methyl sites for hydroxylation is 2. The Bertz CT molecular complexity index is 766. The first-order valence-corrected chi connectivity index (χ1v) is 9.24. The number of sulfonamides is 1. The van der Waals surface area contributed by atoms with Crippen LogP contribution in [0.15, 0.2) is 23.1 Å². The second-order valence-corrected chi connectivity index (χ2v) is 8.18. The highest BCUT2D eigenvalue weighted by molar-refractivity contribution is 7.93. The van der Waals surface area contributed by atoms with Crippen molar-refractivity contribution in [2.24, 2.45) is 0 Å². The van der Waals surface area contributed by atoms with E-state index in [1.807, 2.05) is 19.9 Å². The molecule has 21 heavy (non-hydrogen) atoms. The average molecular weight is 323 g/mol. The Morgan fingerprint density at radius 1 is 1.19 bits per heavy atom. The molecule has 1 N–H and O–H groups in total. The van der Waals surface area contributed by atoms with Crippen molar-refractivity contribution in [3.8, 4) is 0 Å². The fourth-order valence-corrected chi connectivity index (χ4v) is 4.42. The van der Waals surface area contributed by atoms with E-state index in [0.717, 1.165) is 29.8 Å². The molecule has 0 radical (unpaired) electrons. The lowest BCUT2D eigenvalue weighted by Crippen LogP contribution is -2.13. The van der Waals surface area contributed by atoms with E-state index in [1.165, 1.54) is 16.9 Å². The minimum Gasteiger partial charge on any atom is -0.253 e. The van der Waals surface area contributed by atoms with Gasteiger partial charge in [-0.2, -0.15) is 0 Å². The maximum atomic E-state index is 12.4. The summed E-state index contributed by atoms with van der Waals surface area (Å²) in [4.78, 5) is 0.296. The molecule has 1 aliphatic carbocycles. The van der Waals surface area contributed by atoms with Gasteiger partial charge in [0.15, 0.2) is 0 Å². The van der Waals surface area contributed by atoms with E-state index in [2.05, 4.69) is 14.9 Å². The predicted molar refractivity (Wildman–Crippen MR) is 83.3 cm³/mol. The van der Waals surface area contributed by atoms with Crippen molar-refractivity contribution >= 4 is 26.5 Å². The standard InChI is InChI=1S/C14H17N3O2S2/c1-9(2)13-15-16-14(20-13)17-21(18,19)12-7-6-10-4-3-5-11(10)8-12/h6-9H,3-5H2,1-2H3,(H,16,17). The molecule has 0 amide bonds. The van der Waals surface area contributed by atoms with E-state index in [1.54, 1.807) is 12.1 Å². The first-order chi connectivity index (χ1) is 9.95. The molecule has 0 atom stereocenters. The van der Waals surface area contributed by atoms with Crippen molar-refractivity contribution in [3.63, 3.8) is 0 Å². The normalized spacial score (nSPS) is 14.4. The van der Waals surface area contributed by atoms with Gasteiger partial charge in [-0.05, 0) is 42.5 Å². The third-order valence-electron chi connectivity index (χ3n) is 3.54. The monoisotopic (exact) mass is 323 g/mol. The van der Waals surface area contributed by atoms with Crippen molar-refractivity contribution < 1.29 is 8.42 Å². The Balaban J connectivity index is 1.86. The van der Waals surface area contributed by atoms with Crippen LogP contribution in [0.4, 0.5) is 5.13 Å². The quantitative estimate of drug-likeness (QED) is 0.939. The summed E-state index contributed by atoms with van der Waals surface area (Å²) in [5.41, 5.74) is 2.39. The van der Waals surface area contributed by atoms with E-state index >= 15 is 0 Å². The van der Waals surface area contributed by atoms with E-state index in [0.29, 0.717) is 10.0 Å². The summed E-state index contributed by atoms with van der Waals surface area (Å²) in [5, 5.41) is 9.03. The van der Waals surface area contributed by atoms with Crippen LogP contribution in [-0.2, 0) is 22.9 Å². The van der Waals surface area contributed by atoms with Crippen LogP contribution in [0.25, 0.3) is 0 Å². The highest BCUT2D eigenvalue weighted by Crippen LogP contribution is 2.27. The van der Waals surface area contributed by atoms with Crippen LogP contribution in [-0.4, -0.2) is 18.6 Å². The summed E-state index contributed by atoms with van der Waals surface area (Å²) in [6.45, 7) is 4.00. The van der Waals surface area contributed by atoms with E-state index < -0.39 is 10.0 Å². The van der Waals surface area contributed by atoms with Crippen LogP contribution < -0.4 is 4.72 Å². The predicted octanol–water partition coefficient (Wildman–Crippen LogP) is 2.95. The zero-order valence-corrected chi connectivity index (χ0v) is 13.6. The smallest absolute Gasteiger partial charge is 0.253 e. The van der Waals surface area contributed by atoms with Crippen LogP contribution in [0.3, 0.4) is 0 Å². The number of nitrogens with one attached hydrogen (secondary N) is 1. The summed E-state index contributed by atoms with van der Waals surface area (Å²) in [6, 6.07) is 5.35. The summed E-state index contributed by atoms with van der Waals surface area (Å²) >= 11 is 1.28. The molecule has 7 heteroatoms. The molecule has 1 aliphatic rings. The molecule has 0 spiro atoms. The molecule has 1 aromatic carbocycles. The van der Waals surface area contributed by atoms with Crippen molar-refractivity contribution in [1.29, 1.82) is 0 Å². The molecule has 0 unspecified atom stereocenters. The second-order valence-electron chi connectivity index (χ2n) is 5.49. The Labute approximate surface area is 128 Å². The van der Waals surface area contributed by atoms with Gasteiger partial charge >= 0.3 is 0 Å². The number of hydrogen-bond acceptors (Lipinski definition) is 5. The SMILES string of the molecule is CC(C)c1nnc(NS(=O)(=O)c2ccc3c(c2)CCC3)s1. The Hall–Kier alpha value is -1.47. The summed E-state index contributed by atoms with van der Waals surface area (Å²) in [7, 11) is -3.59. The van der Waals surface area contributed by atoms with E-state index in [-0.39, 0.29) is 5.92 Å². The van der Waals surface area contributed by atoms with Crippen molar-refractivity contribution in [2.75, 3.05) is 4.72 Å². The van der Waals surface area contributed by atoms with Crippen molar-refractivity contribution in [2.45, 2.75) is 43.9 Å². The van der Waals surface area contributed by atoms with Crippen LogP contribution >= 0.6 is 11.3 Å². The number of rotatable bonds is 4. The molecule has 1 heterocycles. The largest absolute Gasteiger partial charge is 0.263 e. The minimum atomic E-state index is -3.59. The number of hydrogen-bond donors (Lipinski definition) is 1.